The van der Waals surface area contributed by atoms with Crippen LogP contribution in [-0.2, 0) is 0 Å². The zero-order valence-electron chi connectivity index (χ0n) is 10.3. The van der Waals surface area contributed by atoms with Crippen LogP contribution in [0.2, 0.25) is 5.02 Å². The highest BCUT2D eigenvalue weighted by atomic mass is 79.9. The summed E-state index contributed by atoms with van der Waals surface area (Å²) in [5.74, 6) is 0.693. The summed E-state index contributed by atoms with van der Waals surface area (Å²) in [6.45, 7) is 0. The minimum Gasteiger partial charge on any atom is -0.397 e. The number of benzene rings is 1. The first-order valence-corrected chi connectivity index (χ1v) is 7.71. The fourth-order valence-electron chi connectivity index (χ4n) is 1.71. The minimum absolute atomic E-state index is 0.321. The monoisotopic (exact) mass is 428 g/mol. The second-order valence-corrected chi connectivity index (χ2v) is 6.34. The van der Waals surface area contributed by atoms with Crippen LogP contribution < -0.4 is 5.73 Å². The first kappa shape index (κ1) is 14.5. The number of pyridine rings is 1. The summed E-state index contributed by atoms with van der Waals surface area (Å²) < 4.78 is 6.87. The Morgan fingerprint density at radius 3 is 2.71 bits per heavy atom. The van der Waals surface area contributed by atoms with Crippen LogP contribution in [-0.4, -0.2) is 15.1 Å². The summed E-state index contributed by atoms with van der Waals surface area (Å²) in [5, 5.41) is 4.46. The molecule has 5 nitrogen and oxygen atoms in total. The number of nitrogen functional groups attached to an aromatic ring is 1. The standard InChI is InChI=1S/C13H7Br2ClN4O/c14-6-3-8(11(17)9(15)4-6)13-19-12(20-21-13)10-2-1-7(16)5-18-10/h1-5H,17H2. The highest BCUT2D eigenvalue weighted by Gasteiger charge is 2.16. The van der Waals surface area contributed by atoms with E-state index in [1.54, 1.807) is 12.1 Å². The number of anilines is 1. The SMILES string of the molecule is Nc1c(Br)cc(Br)cc1-c1nc(-c2ccc(Cl)cn2)no1. The number of hydrogen-bond donors (Lipinski definition) is 1. The second kappa shape index (κ2) is 5.75. The maximum Gasteiger partial charge on any atom is 0.260 e. The molecule has 0 spiro atoms. The van der Waals surface area contributed by atoms with Crippen molar-refractivity contribution in [2.45, 2.75) is 0 Å². The number of nitrogens with zero attached hydrogens (tertiary/aromatic N) is 3. The predicted octanol–water partition coefficient (Wildman–Crippen LogP) is 4.56. The van der Waals surface area contributed by atoms with Crippen LogP contribution in [0.5, 0.6) is 0 Å². The van der Waals surface area contributed by atoms with Crippen molar-refractivity contribution in [1.82, 2.24) is 15.1 Å². The fraction of sp³-hybridized carbons (Fsp3) is 0. The molecule has 8 heteroatoms. The van der Waals surface area contributed by atoms with Crippen LogP contribution in [0.4, 0.5) is 5.69 Å². The number of aromatic nitrogens is 3. The number of rotatable bonds is 2. The van der Waals surface area contributed by atoms with E-state index < -0.39 is 0 Å². The van der Waals surface area contributed by atoms with Crippen molar-refractivity contribution in [2.75, 3.05) is 5.73 Å². The van der Waals surface area contributed by atoms with Crippen molar-refractivity contribution in [3.8, 4) is 23.0 Å². The van der Waals surface area contributed by atoms with Gasteiger partial charge in [-0.3, -0.25) is 4.98 Å². The van der Waals surface area contributed by atoms with Gasteiger partial charge >= 0.3 is 0 Å². The van der Waals surface area contributed by atoms with Gasteiger partial charge in [0.2, 0.25) is 5.82 Å². The molecule has 21 heavy (non-hydrogen) atoms. The summed E-state index contributed by atoms with van der Waals surface area (Å²) in [6.07, 6.45) is 1.52. The lowest BCUT2D eigenvalue weighted by atomic mass is 10.2. The highest BCUT2D eigenvalue weighted by molar-refractivity contribution is 9.11. The molecule has 0 unspecified atom stereocenters. The molecule has 2 heterocycles. The quantitative estimate of drug-likeness (QED) is 0.603. The largest absolute Gasteiger partial charge is 0.397 e. The summed E-state index contributed by atoms with van der Waals surface area (Å²) in [6, 6.07) is 7.09. The Kier molecular flexibility index (Phi) is 3.97. The zero-order valence-corrected chi connectivity index (χ0v) is 14.3. The van der Waals surface area contributed by atoms with Gasteiger partial charge in [0.25, 0.3) is 5.89 Å². The fourth-order valence-corrected chi connectivity index (χ4v) is 3.04. The summed E-state index contributed by atoms with van der Waals surface area (Å²) in [5.41, 5.74) is 7.76. The summed E-state index contributed by atoms with van der Waals surface area (Å²) >= 11 is 12.6. The van der Waals surface area contributed by atoms with Crippen molar-refractivity contribution in [1.29, 1.82) is 0 Å². The van der Waals surface area contributed by atoms with Crippen molar-refractivity contribution < 1.29 is 4.52 Å². The van der Waals surface area contributed by atoms with E-state index in [2.05, 4.69) is 47.0 Å². The van der Waals surface area contributed by atoms with Crippen LogP contribution in [0.1, 0.15) is 0 Å². The van der Waals surface area contributed by atoms with Crippen LogP contribution >= 0.6 is 43.5 Å². The summed E-state index contributed by atoms with van der Waals surface area (Å²) in [7, 11) is 0. The molecule has 0 amide bonds. The van der Waals surface area contributed by atoms with E-state index in [1.807, 2.05) is 12.1 Å². The molecule has 0 radical (unpaired) electrons. The first-order chi connectivity index (χ1) is 10.0. The second-order valence-electron chi connectivity index (χ2n) is 4.13. The van der Waals surface area contributed by atoms with Crippen molar-refractivity contribution >= 4 is 49.1 Å². The topological polar surface area (TPSA) is 77.8 Å². The van der Waals surface area contributed by atoms with Crippen LogP contribution in [0, 0.1) is 0 Å². The first-order valence-electron chi connectivity index (χ1n) is 5.75. The van der Waals surface area contributed by atoms with Gasteiger partial charge in [0, 0.05) is 15.1 Å². The highest BCUT2D eigenvalue weighted by Crippen LogP contribution is 2.34. The Hall–Kier alpha value is -1.44. The van der Waals surface area contributed by atoms with Gasteiger partial charge in [0.1, 0.15) is 5.69 Å². The molecule has 0 aliphatic carbocycles. The molecule has 3 rings (SSSR count). The van der Waals surface area contributed by atoms with Gasteiger partial charge in [-0.25, -0.2) is 0 Å². The Morgan fingerprint density at radius 1 is 1.19 bits per heavy atom. The lowest BCUT2D eigenvalue weighted by Crippen LogP contribution is -1.92. The minimum atomic E-state index is 0.321. The van der Waals surface area contributed by atoms with Crippen LogP contribution in [0.3, 0.4) is 0 Å². The molecule has 0 aliphatic heterocycles. The van der Waals surface area contributed by atoms with Crippen LogP contribution in [0.25, 0.3) is 23.0 Å². The Bertz CT molecular complexity index is 804. The lowest BCUT2D eigenvalue weighted by Gasteiger charge is -2.04. The van der Waals surface area contributed by atoms with E-state index in [0.29, 0.717) is 33.7 Å². The predicted molar refractivity (Wildman–Crippen MR) is 87.8 cm³/mol. The molecule has 0 bridgehead atoms. The van der Waals surface area contributed by atoms with E-state index in [1.165, 1.54) is 6.20 Å². The molecule has 0 fully saturated rings. The molecule has 0 saturated carbocycles. The maximum absolute atomic E-state index is 6.02. The van der Waals surface area contributed by atoms with Gasteiger partial charge in [0.05, 0.1) is 16.3 Å². The number of nitrogens with two attached hydrogens (primary N) is 1. The van der Waals surface area contributed by atoms with Gasteiger partial charge in [-0.1, -0.05) is 32.7 Å². The molecule has 0 saturated heterocycles. The van der Waals surface area contributed by atoms with Gasteiger partial charge < -0.3 is 10.3 Å². The Morgan fingerprint density at radius 2 is 2.00 bits per heavy atom. The normalized spacial score (nSPS) is 10.8. The molecule has 0 aliphatic rings. The van der Waals surface area contributed by atoms with Gasteiger partial charge in [-0.15, -0.1) is 0 Å². The smallest absolute Gasteiger partial charge is 0.260 e. The Labute approximate surface area is 141 Å². The van der Waals surface area contributed by atoms with E-state index >= 15 is 0 Å². The molecule has 2 N–H and O–H groups in total. The average Bonchev–Trinajstić information content (AvgIpc) is 2.93. The third kappa shape index (κ3) is 2.95. The van der Waals surface area contributed by atoms with E-state index in [9.17, 15) is 0 Å². The summed E-state index contributed by atoms with van der Waals surface area (Å²) in [4.78, 5) is 8.46. The van der Waals surface area contributed by atoms with Gasteiger partial charge in [-0.05, 0) is 40.2 Å². The molecule has 3 aromatic rings. The molecule has 106 valence electrons. The van der Waals surface area contributed by atoms with E-state index in [0.717, 1.165) is 8.95 Å². The zero-order chi connectivity index (χ0) is 15.0. The van der Waals surface area contributed by atoms with Gasteiger partial charge in [0.15, 0.2) is 0 Å². The van der Waals surface area contributed by atoms with Crippen molar-refractivity contribution in [2.24, 2.45) is 0 Å². The lowest BCUT2D eigenvalue weighted by molar-refractivity contribution is 0.432. The molecule has 0 atom stereocenters. The van der Waals surface area contributed by atoms with Gasteiger partial charge in [-0.2, -0.15) is 4.98 Å². The van der Waals surface area contributed by atoms with Crippen LogP contribution in [0.15, 0.2) is 43.9 Å². The van der Waals surface area contributed by atoms with Crippen molar-refractivity contribution in [3.05, 3.63) is 44.4 Å². The number of hydrogen-bond acceptors (Lipinski definition) is 5. The van der Waals surface area contributed by atoms with E-state index in [4.69, 9.17) is 21.9 Å². The third-order valence-electron chi connectivity index (χ3n) is 2.71. The average molecular weight is 430 g/mol. The molecular weight excluding hydrogens is 423 g/mol. The maximum atomic E-state index is 6.02. The molecule has 1 aromatic carbocycles. The van der Waals surface area contributed by atoms with E-state index in [-0.39, 0.29) is 0 Å². The molecular formula is C13H7Br2ClN4O. The van der Waals surface area contributed by atoms with Crippen molar-refractivity contribution in [3.63, 3.8) is 0 Å². The third-order valence-corrected chi connectivity index (χ3v) is 4.04. The molecule has 2 aromatic heterocycles. The Balaban J connectivity index is 2.04. The number of halogens is 3.